The number of ether oxygens (including phenoxy) is 1. The molecule has 1 N–H and O–H groups in total. The molecule has 2 aromatic heterocycles. The number of benzene rings is 1. The SMILES string of the molecule is COc1ncc2ccc(NC(F)C(F)F)nc2c1-c1ccc(Cl)cc1. The Balaban J connectivity index is 2.16. The number of fused-ring (bicyclic) bond motifs is 1. The lowest BCUT2D eigenvalue weighted by Crippen LogP contribution is -2.22. The van der Waals surface area contributed by atoms with Crippen molar-refractivity contribution in [2.24, 2.45) is 0 Å². The molecule has 0 aliphatic rings. The minimum atomic E-state index is -3.15. The van der Waals surface area contributed by atoms with Crippen LogP contribution in [0.2, 0.25) is 5.02 Å². The summed E-state index contributed by atoms with van der Waals surface area (Å²) in [4.78, 5) is 8.50. The van der Waals surface area contributed by atoms with Crippen molar-refractivity contribution >= 4 is 28.3 Å². The number of aromatic nitrogens is 2. The summed E-state index contributed by atoms with van der Waals surface area (Å²) in [5.41, 5.74) is 1.74. The van der Waals surface area contributed by atoms with Crippen LogP contribution in [-0.2, 0) is 0 Å². The highest BCUT2D eigenvalue weighted by molar-refractivity contribution is 6.30. The largest absolute Gasteiger partial charge is 0.480 e. The Morgan fingerprint density at radius 2 is 1.80 bits per heavy atom. The minimum absolute atomic E-state index is 0.0104. The number of methoxy groups -OCH3 is 1. The monoisotopic (exact) mass is 367 g/mol. The quantitative estimate of drug-likeness (QED) is 0.649. The average Bonchev–Trinajstić information content (AvgIpc) is 2.61. The van der Waals surface area contributed by atoms with E-state index in [1.165, 1.54) is 13.2 Å². The van der Waals surface area contributed by atoms with Crippen LogP contribution >= 0.6 is 11.6 Å². The summed E-state index contributed by atoms with van der Waals surface area (Å²) in [6, 6.07) is 9.96. The molecule has 130 valence electrons. The molecule has 1 atom stereocenters. The normalized spacial score (nSPS) is 12.4. The molecular weight excluding hydrogens is 355 g/mol. The van der Waals surface area contributed by atoms with Gasteiger partial charge in [-0.05, 0) is 29.8 Å². The van der Waals surface area contributed by atoms with E-state index in [0.717, 1.165) is 5.56 Å². The van der Waals surface area contributed by atoms with Crippen molar-refractivity contribution in [3.05, 3.63) is 47.6 Å². The number of anilines is 1. The molecule has 0 aliphatic heterocycles. The van der Waals surface area contributed by atoms with Crippen LogP contribution in [0.3, 0.4) is 0 Å². The van der Waals surface area contributed by atoms with Crippen LogP contribution in [0.4, 0.5) is 19.0 Å². The molecule has 0 amide bonds. The zero-order chi connectivity index (χ0) is 18.0. The number of nitrogens with zero attached hydrogens (tertiary/aromatic N) is 2. The van der Waals surface area contributed by atoms with Crippen LogP contribution < -0.4 is 10.1 Å². The second-order valence-corrected chi connectivity index (χ2v) is 5.60. The Kier molecular flexibility index (Phi) is 4.94. The van der Waals surface area contributed by atoms with Gasteiger partial charge in [-0.1, -0.05) is 23.7 Å². The first-order valence-electron chi connectivity index (χ1n) is 7.28. The topological polar surface area (TPSA) is 47.0 Å². The highest BCUT2D eigenvalue weighted by Crippen LogP contribution is 2.35. The Morgan fingerprint density at radius 1 is 1.08 bits per heavy atom. The molecule has 0 aliphatic carbocycles. The van der Waals surface area contributed by atoms with E-state index < -0.39 is 12.7 Å². The number of pyridine rings is 2. The molecular formula is C17H13ClF3N3O. The van der Waals surface area contributed by atoms with Crippen molar-refractivity contribution in [1.82, 2.24) is 9.97 Å². The van der Waals surface area contributed by atoms with E-state index in [-0.39, 0.29) is 5.82 Å². The summed E-state index contributed by atoms with van der Waals surface area (Å²) in [6.45, 7) is 0. The number of alkyl halides is 3. The molecule has 0 fully saturated rings. The molecule has 8 heteroatoms. The molecule has 25 heavy (non-hydrogen) atoms. The standard InChI is InChI=1S/C17H13ClF3N3O/c1-25-17-13(9-2-5-11(18)6-3-9)14-10(8-22-17)4-7-12(23-14)24-16(21)15(19)20/h2-8,15-16H,1H3,(H,23,24). The fourth-order valence-electron chi connectivity index (χ4n) is 2.38. The minimum Gasteiger partial charge on any atom is -0.480 e. The highest BCUT2D eigenvalue weighted by atomic mass is 35.5. The fraction of sp³-hybridized carbons (Fsp3) is 0.176. The molecule has 0 saturated carbocycles. The van der Waals surface area contributed by atoms with E-state index in [1.54, 1.807) is 36.5 Å². The van der Waals surface area contributed by atoms with Gasteiger partial charge in [0.2, 0.25) is 12.2 Å². The van der Waals surface area contributed by atoms with Crippen LogP contribution in [0.15, 0.2) is 42.6 Å². The molecule has 0 spiro atoms. The summed E-state index contributed by atoms with van der Waals surface area (Å²) >= 11 is 5.92. The van der Waals surface area contributed by atoms with Crippen molar-refractivity contribution in [3.63, 3.8) is 0 Å². The first-order valence-corrected chi connectivity index (χ1v) is 7.66. The van der Waals surface area contributed by atoms with Gasteiger partial charge in [0.1, 0.15) is 5.82 Å². The van der Waals surface area contributed by atoms with Crippen molar-refractivity contribution in [2.75, 3.05) is 12.4 Å². The molecule has 3 aromatic rings. The molecule has 0 bridgehead atoms. The molecule has 0 saturated heterocycles. The third-order valence-electron chi connectivity index (χ3n) is 3.53. The van der Waals surface area contributed by atoms with Crippen LogP contribution in [0, 0.1) is 0 Å². The summed E-state index contributed by atoms with van der Waals surface area (Å²) in [5.74, 6) is 0.300. The second-order valence-electron chi connectivity index (χ2n) is 5.16. The maximum atomic E-state index is 13.3. The van der Waals surface area contributed by atoms with Crippen molar-refractivity contribution in [3.8, 4) is 17.0 Å². The van der Waals surface area contributed by atoms with Gasteiger partial charge >= 0.3 is 0 Å². The third-order valence-corrected chi connectivity index (χ3v) is 3.78. The van der Waals surface area contributed by atoms with Gasteiger partial charge in [-0.25, -0.2) is 23.1 Å². The zero-order valence-corrected chi connectivity index (χ0v) is 13.8. The summed E-state index contributed by atoms with van der Waals surface area (Å²) < 4.78 is 43.4. The van der Waals surface area contributed by atoms with Gasteiger partial charge in [0.15, 0.2) is 0 Å². The summed E-state index contributed by atoms with van der Waals surface area (Å²) in [5, 5.41) is 3.26. The molecule has 1 unspecified atom stereocenters. The molecule has 4 nitrogen and oxygen atoms in total. The lowest BCUT2D eigenvalue weighted by molar-refractivity contribution is 0.0649. The van der Waals surface area contributed by atoms with Crippen LogP contribution in [0.1, 0.15) is 0 Å². The first-order chi connectivity index (χ1) is 12.0. The Labute approximate surface area is 146 Å². The number of hydrogen-bond donors (Lipinski definition) is 1. The maximum Gasteiger partial charge on any atom is 0.287 e. The number of halogens is 4. The molecule has 3 rings (SSSR count). The zero-order valence-electron chi connectivity index (χ0n) is 13.0. The second kappa shape index (κ2) is 7.14. The predicted octanol–water partition coefficient (Wildman–Crippen LogP) is 4.93. The summed E-state index contributed by atoms with van der Waals surface area (Å²) in [6.07, 6.45) is -4.11. The molecule has 1 aromatic carbocycles. The van der Waals surface area contributed by atoms with E-state index >= 15 is 0 Å². The van der Waals surface area contributed by atoms with E-state index in [0.29, 0.717) is 27.4 Å². The van der Waals surface area contributed by atoms with E-state index in [9.17, 15) is 13.2 Å². The van der Waals surface area contributed by atoms with E-state index in [1.807, 2.05) is 5.32 Å². The number of nitrogens with one attached hydrogen (secondary N) is 1. The van der Waals surface area contributed by atoms with Gasteiger partial charge < -0.3 is 10.1 Å². The lowest BCUT2D eigenvalue weighted by Gasteiger charge is -2.14. The predicted molar refractivity (Wildman–Crippen MR) is 91.1 cm³/mol. The van der Waals surface area contributed by atoms with Crippen LogP contribution in [0.5, 0.6) is 5.88 Å². The Hall–Kier alpha value is -2.54. The van der Waals surface area contributed by atoms with Crippen molar-refractivity contribution in [2.45, 2.75) is 12.7 Å². The van der Waals surface area contributed by atoms with Crippen molar-refractivity contribution in [1.29, 1.82) is 0 Å². The van der Waals surface area contributed by atoms with Gasteiger partial charge in [-0.15, -0.1) is 0 Å². The van der Waals surface area contributed by atoms with Gasteiger partial charge in [0, 0.05) is 16.6 Å². The van der Waals surface area contributed by atoms with Crippen molar-refractivity contribution < 1.29 is 17.9 Å². The van der Waals surface area contributed by atoms with Crippen LogP contribution in [0.25, 0.3) is 22.0 Å². The Bertz CT molecular complexity index is 890. The summed E-state index contributed by atoms with van der Waals surface area (Å²) in [7, 11) is 1.46. The fourth-order valence-corrected chi connectivity index (χ4v) is 2.51. The third kappa shape index (κ3) is 3.61. The van der Waals surface area contributed by atoms with Gasteiger partial charge in [-0.3, -0.25) is 0 Å². The van der Waals surface area contributed by atoms with Gasteiger partial charge in [0.25, 0.3) is 6.43 Å². The maximum absolute atomic E-state index is 13.3. The smallest absolute Gasteiger partial charge is 0.287 e. The van der Waals surface area contributed by atoms with E-state index in [4.69, 9.17) is 16.3 Å². The van der Waals surface area contributed by atoms with Crippen LogP contribution in [-0.4, -0.2) is 29.8 Å². The average molecular weight is 368 g/mol. The molecule has 2 heterocycles. The van der Waals surface area contributed by atoms with Gasteiger partial charge in [0.05, 0.1) is 18.2 Å². The van der Waals surface area contributed by atoms with E-state index in [2.05, 4.69) is 9.97 Å². The first kappa shape index (κ1) is 17.3. The Morgan fingerprint density at radius 3 is 2.44 bits per heavy atom. The van der Waals surface area contributed by atoms with Gasteiger partial charge in [-0.2, -0.15) is 0 Å². The highest BCUT2D eigenvalue weighted by Gasteiger charge is 2.20. The number of rotatable bonds is 5. The number of hydrogen-bond acceptors (Lipinski definition) is 4. The lowest BCUT2D eigenvalue weighted by atomic mass is 10.0. The molecule has 0 radical (unpaired) electrons.